The van der Waals surface area contributed by atoms with Gasteiger partial charge in [0.05, 0.1) is 6.21 Å². The number of hydrogen-bond donors (Lipinski definition) is 3. The van der Waals surface area contributed by atoms with E-state index in [1.54, 1.807) is 36.4 Å². The number of nitrogens with zero attached hydrogens (tertiary/aromatic N) is 1. The molecule has 0 aliphatic carbocycles. The maximum atomic E-state index is 11.7. The zero-order valence-electron chi connectivity index (χ0n) is 12.7. The molecule has 0 aromatic heterocycles. The Kier molecular flexibility index (Phi) is 6.33. The molecule has 124 valence electrons. The minimum Gasteiger partial charge on any atom is -0.508 e. The molecular weight excluding hydrogens is 330 g/mol. The Morgan fingerprint density at radius 1 is 1.08 bits per heavy atom. The summed E-state index contributed by atoms with van der Waals surface area (Å²) < 4.78 is 0. The van der Waals surface area contributed by atoms with Crippen LogP contribution in [0.25, 0.3) is 0 Å². The number of anilines is 1. The summed E-state index contributed by atoms with van der Waals surface area (Å²) >= 11 is 5.76. The lowest BCUT2D eigenvalue weighted by Gasteiger charge is -2.04. The van der Waals surface area contributed by atoms with E-state index >= 15 is 0 Å². The number of phenolic OH excluding ortho intramolecular Hbond substituents is 1. The second-order valence-corrected chi connectivity index (χ2v) is 5.38. The number of hydrogen-bond acceptors (Lipinski definition) is 4. The molecule has 2 aromatic carbocycles. The highest BCUT2D eigenvalue weighted by Gasteiger charge is 2.06. The van der Waals surface area contributed by atoms with Crippen LogP contribution in [0.1, 0.15) is 18.4 Å². The van der Waals surface area contributed by atoms with E-state index in [0.717, 1.165) is 0 Å². The molecule has 0 saturated carbocycles. The normalized spacial score (nSPS) is 10.5. The maximum absolute atomic E-state index is 11.7. The molecule has 0 heterocycles. The van der Waals surface area contributed by atoms with Gasteiger partial charge in [0, 0.05) is 23.6 Å². The molecule has 2 aromatic rings. The zero-order chi connectivity index (χ0) is 17.4. The van der Waals surface area contributed by atoms with Gasteiger partial charge in [-0.25, -0.2) is 5.43 Å². The van der Waals surface area contributed by atoms with Gasteiger partial charge < -0.3 is 10.4 Å². The smallest absolute Gasteiger partial charge is 0.240 e. The molecule has 0 aliphatic heterocycles. The van der Waals surface area contributed by atoms with Gasteiger partial charge in [-0.1, -0.05) is 23.7 Å². The Morgan fingerprint density at radius 2 is 1.79 bits per heavy atom. The van der Waals surface area contributed by atoms with E-state index < -0.39 is 0 Å². The van der Waals surface area contributed by atoms with Crippen molar-refractivity contribution in [1.29, 1.82) is 0 Å². The third kappa shape index (κ3) is 6.10. The van der Waals surface area contributed by atoms with E-state index in [2.05, 4.69) is 15.8 Å². The molecule has 24 heavy (non-hydrogen) atoms. The number of carbonyl (C=O) groups is 2. The summed E-state index contributed by atoms with van der Waals surface area (Å²) in [6.45, 7) is 0. The Balaban J connectivity index is 1.72. The van der Waals surface area contributed by atoms with Gasteiger partial charge in [-0.05, 0) is 42.0 Å². The second-order valence-electron chi connectivity index (χ2n) is 4.94. The molecule has 0 radical (unpaired) electrons. The van der Waals surface area contributed by atoms with Crippen LogP contribution in [0.2, 0.25) is 5.02 Å². The van der Waals surface area contributed by atoms with Crippen molar-refractivity contribution in [2.24, 2.45) is 5.10 Å². The van der Waals surface area contributed by atoms with Crippen molar-refractivity contribution >= 4 is 35.3 Å². The van der Waals surface area contributed by atoms with Crippen LogP contribution in [-0.2, 0) is 9.59 Å². The van der Waals surface area contributed by atoms with Crippen molar-refractivity contribution in [3.63, 3.8) is 0 Å². The first-order chi connectivity index (χ1) is 11.5. The van der Waals surface area contributed by atoms with Gasteiger partial charge >= 0.3 is 0 Å². The van der Waals surface area contributed by atoms with Crippen LogP contribution >= 0.6 is 11.6 Å². The van der Waals surface area contributed by atoms with Crippen molar-refractivity contribution in [3.05, 3.63) is 59.1 Å². The van der Waals surface area contributed by atoms with E-state index in [9.17, 15) is 14.7 Å². The van der Waals surface area contributed by atoms with E-state index in [1.807, 2.05) is 0 Å². The Labute approximate surface area is 144 Å². The van der Waals surface area contributed by atoms with E-state index in [1.165, 1.54) is 18.3 Å². The average Bonchev–Trinajstić information content (AvgIpc) is 2.55. The molecule has 0 fully saturated rings. The van der Waals surface area contributed by atoms with Crippen LogP contribution in [-0.4, -0.2) is 23.1 Å². The standard InChI is InChI=1S/C17H16ClN3O3/c18-13-4-6-14(7-5-13)20-16(23)8-9-17(24)21-19-11-12-2-1-3-15(22)10-12/h1-7,10-11,22H,8-9H2,(H,20,23)(H,21,24)/b19-11-. The second kappa shape index (κ2) is 8.69. The molecule has 0 unspecified atom stereocenters. The van der Waals surface area contributed by atoms with Crippen LogP contribution in [0.4, 0.5) is 5.69 Å². The van der Waals surface area contributed by atoms with Gasteiger partial charge in [0.2, 0.25) is 11.8 Å². The molecule has 0 spiro atoms. The summed E-state index contributed by atoms with van der Waals surface area (Å²) in [5, 5.41) is 16.3. The number of amides is 2. The van der Waals surface area contributed by atoms with Crippen molar-refractivity contribution in [1.82, 2.24) is 5.43 Å². The monoisotopic (exact) mass is 345 g/mol. The fraction of sp³-hybridized carbons (Fsp3) is 0.118. The number of carbonyl (C=O) groups excluding carboxylic acids is 2. The molecular formula is C17H16ClN3O3. The lowest BCUT2D eigenvalue weighted by atomic mass is 10.2. The van der Waals surface area contributed by atoms with E-state index in [-0.39, 0.29) is 30.4 Å². The Morgan fingerprint density at radius 3 is 2.50 bits per heavy atom. The fourth-order valence-corrected chi connectivity index (χ4v) is 1.95. The van der Waals surface area contributed by atoms with Gasteiger partial charge in [0.1, 0.15) is 5.75 Å². The lowest BCUT2D eigenvalue weighted by Crippen LogP contribution is -2.20. The van der Waals surface area contributed by atoms with Gasteiger partial charge in [-0.2, -0.15) is 5.10 Å². The molecule has 0 atom stereocenters. The van der Waals surface area contributed by atoms with Crippen LogP contribution in [0.5, 0.6) is 5.75 Å². The van der Waals surface area contributed by atoms with Gasteiger partial charge in [-0.15, -0.1) is 0 Å². The van der Waals surface area contributed by atoms with Crippen LogP contribution < -0.4 is 10.7 Å². The third-order valence-corrected chi connectivity index (χ3v) is 3.23. The fourth-order valence-electron chi connectivity index (χ4n) is 1.82. The van der Waals surface area contributed by atoms with Crippen molar-refractivity contribution in [2.45, 2.75) is 12.8 Å². The first kappa shape index (κ1) is 17.5. The van der Waals surface area contributed by atoms with Gasteiger partial charge in [-0.3, -0.25) is 9.59 Å². The molecule has 2 amide bonds. The summed E-state index contributed by atoms with van der Waals surface area (Å²) in [6, 6.07) is 13.1. The highest BCUT2D eigenvalue weighted by atomic mass is 35.5. The highest BCUT2D eigenvalue weighted by molar-refractivity contribution is 6.30. The molecule has 0 saturated heterocycles. The van der Waals surface area contributed by atoms with Crippen molar-refractivity contribution in [2.75, 3.05) is 5.32 Å². The number of benzene rings is 2. The minimum absolute atomic E-state index is 0.0107. The number of halogens is 1. The topological polar surface area (TPSA) is 90.8 Å². The van der Waals surface area contributed by atoms with Crippen LogP contribution in [0, 0.1) is 0 Å². The summed E-state index contributed by atoms with van der Waals surface area (Å²) in [7, 11) is 0. The molecule has 0 bridgehead atoms. The first-order valence-electron chi connectivity index (χ1n) is 7.19. The summed E-state index contributed by atoms with van der Waals surface area (Å²) in [5.74, 6) is -0.536. The SMILES string of the molecule is O=C(CCC(=O)Nc1ccc(Cl)cc1)N/N=C\c1cccc(O)c1. The van der Waals surface area contributed by atoms with E-state index in [4.69, 9.17) is 11.6 Å². The van der Waals surface area contributed by atoms with E-state index in [0.29, 0.717) is 16.3 Å². The van der Waals surface area contributed by atoms with Crippen molar-refractivity contribution < 1.29 is 14.7 Å². The molecule has 6 nitrogen and oxygen atoms in total. The number of aromatic hydroxyl groups is 1. The molecule has 3 N–H and O–H groups in total. The summed E-state index contributed by atoms with van der Waals surface area (Å²) in [4.78, 5) is 23.4. The quantitative estimate of drug-likeness (QED) is 0.555. The van der Waals surface area contributed by atoms with Gasteiger partial charge in [0.15, 0.2) is 0 Å². The molecule has 0 aliphatic rings. The summed E-state index contributed by atoms with van der Waals surface area (Å²) in [6.07, 6.45) is 1.46. The Hall–Kier alpha value is -2.86. The highest BCUT2D eigenvalue weighted by Crippen LogP contribution is 2.13. The van der Waals surface area contributed by atoms with Crippen LogP contribution in [0.15, 0.2) is 53.6 Å². The minimum atomic E-state index is -0.377. The predicted molar refractivity (Wildman–Crippen MR) is 93.2 cm³/mol. The number of hydrazone groups is 1. The largest absolute Gasteiger partial charge is 0.508 e. The lowest BCUT2D eigenvalue weighted by molar-refractivity contribution is -0.124. The maximum Gasteiger partial charge on any atom is 0.240 e. The molecule has 7 heteroatoms. The third-order valence-electron chi connectivity index (χ3n) is 2.98. The number of rotatable bonds is 6. The Bertz CT molecular complexity index is 745. The predicted octanol–water partition coefficient (Wildman–Crippen LogP) is 2.91. The molecule has 2 rings (SSSR count). The van der Waals surface area contributed by atoms with Crippen molar-refractivity contribution in [3.8, 4) is 5.75 Å². The number of nitrogens with one attached hydrogen (secondary N) is 2. The average molecular weight is 346 g/mol. The summed E-state index contributed by atoms with van der Waals surface area (Å²) in [5.41, 5.74) is 3.59. The zero-order valence-corrected chi connectivity index (χ0v) is 13.5. The van der Waals surface area contributed by atoms with Gasteiger partial charge in [0.25, 0.3) is 0 Å². The van der Waals surface area contributed by atoms with Crippen LogP contribution in [0.3, 0.4) is 0 Å². The first-order valence-corrected chi connectivity index (χ1v) is 7.57. The number of phenols is 1.